The molecule has 1 aromatic heterocycles. The van der Waals surface area contributed by atoms with E-state index in [9.17, 15) is 14.7 Å². The number of nitrogens with zero attached hydrogens (tertiary/aromatic N) is 1. The van der Waals surface area contributed by atoms with Crippen LogP contribution in [-0.2, 0) is 12.1 Å². The number of alkyl halides is 1. The van der Waals surface area contributed by atoms with Gasteiger partial charge in [-0.15, -0.1) is 0 Å². The van der Waals surface area contributed by atoms with Crippen LogP contribution < -0.4 is 4.74 Å². The van der Waals surface area contributed by atoms with Crippen molar-refractivity contribution in [2.75, 3.05) is 20.2 Å². The van der Waals surface area contributed by atoms with E-state index in [1.165, 1.54) is 18.1 Å². The summed E-state index contributed by atoms with van der Waals surface area (Å²) in [7, 11) is 1.53. The summed E-state index contributed by atoms with van der Waals surface area (Å²) in [6.45, 7) is 2.19. The molecule has 1 aromatic carbocycles. The second-order valence-electron chi connectivity index (χ2n) is 6.60. The Bertz CT molecular complexity index is 852. The predicted octanol–water partition coefficient (Wildman–Crippen LogP) is 3.65. The molecular formula is C20H22FNO5. The van der Waals surface area contributed by atoms with E-state index in [1.54, 1.807) is 31.2 Å². The second kappa shape index (κ2) is 7.42. The number of carboxylic acids is 1. The first-order valence-electron chi connectivity index (χ1n) is 8.86. The molecule has 2 heterocycles. The smallest absolute Gasteiger partial charge is 0.339 e. The second-order valence-corrected chi connectivity index (χ2v) is 6.60. The van der Waals surface area contributed by atoms with Crippen LogP contribution in [-0.4, -0.2) is 42.1 Å². The van der Waals surface area contributed by atoms with Crippen molar-refractivity contribution in [2.24, 2.45) is 0 Å². The summed E-state index contributed by atoms with van der Waals surface area (Å²) >= 11 is 0. The molecule has 0 unspecified atom stereocenters. The molecule has 0 radical (unpaired) electrons. The summed E-state index contributed by atoms with van der Waals surface area (Å²) in [5.41, 5.74) is -1.00. The molecule has 3 rings (SSSR count). The topological polar surface area (TPSA) is 80.0 Å². The van der Waals surface area contributed by atoms with Gasteiger partial charge in [0.15, 0.2) is 5.76 Å². The van der Waals surface area contributed by atoms with Crippen LogP contribution >= 0.6 is 0 Å². The van der Waals surface area contributed by atoms with Crippen molar-refractivity contribution in [3.8, 4) is 5.75 Å². The number of likely N-dealkylation sites (tertiary alicyclic amines) is 1. The Morgan fingerprint density at radius 2 is 2.00 bits per heavy atom. The highest BCUT2D eigenvalue weighted by Crippen LogP contribution is 2.38. The number of piperidine rings is 1. The van der Waals surface area contributed by atoms with Crippen LogP contribution in [0.5, 0.6) is 5.75 Å². The molecule has 2 aromatic rings. The molecule has 7 heteroatoms. The van der Waals surface area contributed by atoms with E-state index in [1.807, 2.05) is 0 Å². The van der Waals surface area contributed by atoms with Crippen molar-refractivity contribution in [1.29, 1.82) is 0 Å². The molecule has 1 amide bonds. The first kappa shape index (κ1) is 18.9. The van der Waals surface area contributed by atoms with Gasteiger partial charge in [-0.25, -0.2) is 9.18 Å². The van der Waals surface area contributed by atoms with E-state index in [0.29, 0.717) is 17.7 Å². The van der Waals surface area contributed by atoms with E-state index >= 15 is 4.39 Å². The lowest BCUT2D eigenvalue weighted by Crippen LogP contribution is -2.43. The van der Waals surface area contributed by atoms with Crippen molar-refractivity contribution >= 4 is 11.9 Å². The molecule has 27 heavy (non-hydrogen) atoms. The molecule has 0 aliphatic carbocycles. The lowest BCUT2D eigenvalue weighted by molar-refractivity contribution is 0.0396. The van der Waals surface area contributed by atoms with Crippen LogP contribution in [0.3, 0.4) is 0 Å². The van der Waals surface area contributed by atoms with Crippen LogP contribution in [0.1, 0.15) is 52.0 Å². The third-order valence-corrected chi connectivity index (χ3v) is 5.00. The monoisotopic (exact) mass is 375 g/mol. The fraction of sp³-hybridized carbons (Fsp3) is 0.400. The van der Waals surface area contributed by atoms with E-state index in [2.05, 4.69) is 0 Å². The van der Waals surface area contributed by atoms with Gasteiger partial charge in [0.25, 0.3) is 5.91 Å². The number of carboxylic acid groups (broad SMARTS) is 1. The van der Waals surface area contributed by atoms with Gasteiger partial charge in [0.1, 0.15) is 22.7 Å². The van der Waals surface area contributed by atoms with Crippen molar-refractivity contribution in [3.05, 3.63) is 53.0 Å². The van der Waals surface area contributed by atoms with Gasteiger partial charge in [0.05, 0.1) is 7.11 Å². The first-order valence-corrected chi connectivity index (χ1v) is 8.86. The number of hydrogen-bond donors (Lipinski definition) is 1. The maximum absolute atomic E-state index is 15.4. The van der Waals surface area contributed by atoms with Crippen LogP contribution in [0.25, 0.3) is 0 Å². The molecular weight excluding hydrogens is 353 g/mol. The highest BCUT2D eigenvalue weighted by Gasteiger charge is 2.38. The minimum atomic E-state index is -1.53. The molecule has 1 fully saturated rings. The van der Waals surface area contributed by atoms with Crippen molar-refractivity contribution in [2.45, 2.75) is 31.9 Å². The van der Waals surface area contributed by atoms with E-state index in [4.69, 9.17) is 9.15 Å². The van der Waals surface area contributed by atoms with Crippen molar-refractivity contribution in [3.63, 3.8) is 0 Å². The minimum absolute atomic E-state index is 0.00548. The summed E-state index contributed by atoms with van der Waals surface area (Å²) in [5.74, 6) is -0.707. The number of methoxy groups -OCH3 is 1. The standard InChI is InChI=1S/C20H22FNO5/c1-3-16-15(19(24)25)12-17(27-16)18(23)22-9-7-20(21,8-10-22)13-5-4-6-14(11-13)26-2/h4-6,11-12H,3,7-10H2,1-2H3,(H,24,25). The number of furan rings is 1. The molecule has 6 nitrogen and oxygen atoms in total. The summed E-state index contributed by atoms with van der Waals surface area (Å²) < 4.78 is 26.0. The number of aryl methyl sites for hydroxylation is 1. The Morgan fingerprint density at radius 1 is 1.30 bits per heavy atom. The average molecular weight is 375 g/mol. The van der Waals surface area contributed by atoms with Gasteiger partial charge in [-0.2, -0.15) is 0 Å². The predicted molar refractivity (Wildman–Crippen MR) is 96.0 cm³/mol. The Kier molecular flexibility index (Phi) is 5.21. The number of rotatable bonds is 5. The van der Waals surface area contributed by atoms with E-state index in [0.717, 1.165) is 0 Å². The van der Waals surface area contributed by atoms with Gasteiger partial charge < -0.3 is 19.2 Å². The van der Waals surface area contributed by atoms with Crippen molar-refractivity contribution in [1.82, 2.24) is 4.90 Å². The van der Waals surface area contributed by atoms with Gasteiger partial charge in [-0.3, -0.25) is 4.79 Å². The summed E-state index contributed by atoms with van der Waals surface area (Å²) in [6, 6.07) is 8.15. The highest BCUT2D eigenvalue weighted by molar-refractivity contribution is 5.96. The van der Waals surface area contributed by atoms with Gasteiger partial charge in [-0.1, -0.05) is 19.1 Å². The normalized spacial score (nSPS) is 16.2. The zero-order chi connectivity index (χ0) is 19.6. The molecule has 1 aliphatic heterocycles. The Morgan fingerprint density at radius 3 is 2.56 bits per heavy atom. The number of carbonyl (C=O) groups excluding carboxylic acids is 1. The Hall–Kier alpha value is -2.83. The number of benzene rings is 1. The molecule has 0 spiro atoms. The van der Waals surface area contributed by atoms with Crippen LogP contribution in [0.15, 0.2) is 34.7 Å². The van der Waals surface area contributed by atoms with E-state index in [-0.39, 0.29) is 43.0 Å². The molecule has 0 atom stereocenters. The minimum Gasteiger partial charge on any atom is -0.497 e. The molecule has 0 bridgehead atoms. The number of hydrogen-bond acceptors (Lipinski definition) is 4. The van der Waals surface area contributed by atoms with Gasteiger partial charge >= 0.3 is 5.97 Å². The quantitative estimate of drug-likeness (QED) is 0.863. The number of amides is 1. The number of aromatic carboxylic acids is 1. The third-order valence-electron chi connectivity index (χ3n) is 5.00. The SMILES string of the molecule is CCc1oc(C(=O)N2CCC(F)(c3cccc(OC)c3)CC2)cc1C(=O)O. The fourth-order valence-corrected chi connectivity index (χ4v) is 3.39. The van der Waals surface area contributed by atoms with Crippen LogP contribution in [0, 0.1) is 0 Å². The first-order chi connectivity index (χ1) is 12.9. The Labute approximate surface area is 156 Å². The fourth-order valence-electron chi connectivity index (χ4n) is 3.39. The molecule has 1 N–H and O–H groups in total. The average Bonchev–Trinajstić information content (AvgIpc) is 3.13. The third kappa shape index (κ3) is 3.67. The van der Waals surface area contributed by atoms with E-state index < -0.39 is 17.5 Å². The lowest BCUT2D eigenvalue weighted by Gasteiger charge is -2.36. The molecule has 0 saturated carbocycles. The zero-order valence-corrected chi connectivity index (χ0v) is 15.3. The highest BCUT2D eigenvalue weighted by atomic mass is 19.1. The summed E-state index contributed by atoms with van der Waals surface area (Å²) in [5, 5.41) is 9.19. The van der Waals surface area contributed by atoms with Crippen molar-refractivity contribution < 1.29 is 28.2 Å². The van der Waals surface area contributed by atoms with Gasteiger partial charge in [-0.05, 0) is 17.7 Å². The van der Waals surface area contributed by atoms with Gasteiger partial charge in [0.2, 0.25) is 0 Å². The summed E-state index contributed by atoms with van der Waals surface area (Å²) in [4.78, 5) is 25.4. The summed E-state index contributed by atoms with van der Waals surface area (Å²) in [6.07, 6.45) is 0.677. The number of ether oxygens (including phenoxy) is 1. The van der Waals surface area contributed by atoms with Crippen LogP contribution in [0.2, 0.25) is 0 Å². The zero-order valence-electron chi connectivity index (χ0n) is 15.3. The van der Waals surface area contributed by atoms with Crippen LogP contribution in [0.4, 0.5) is 4.39 Å². The largest absolute Gasteiger partial charge is 0.497 e. The van der Waals surface area contributed by atoms with Gasteiger partial charge in [0, 0.05) is 38.4 Å². The Balaban J connectivity index is 1.73. The maximum Gasteiger partial charge on any atom is 0.339 e. The lowest BCUT2D eigenvalue weighted by atomic mass is 9.86. The number of carbonyl (C=O) groups is 2. The molecule has 1 saturated heterocycles. The molecule has 1 aliphatic rings. The molecule has 144 valence electrons. The number of halogens is 1. The maximum atomic E-state index is 15.4.